The number of hydrogen-bond donors (Lipinski definition) is 0. The minimum absolute atomic E-state index is 0.0561. The molecule has 0 aromatic carbocycles. The second-order valence-electron chi connectivity index (χ2n) is 8.72. The molecular formula is C19H35N3O4S. The zero-order valence-electron chi connectivity index (χ0n) is 17.2. The van der Waals surface area contributed by atoms with Gasteiger partial charge in [-0.25, -0.2) is 12.7 Å². The summed E-state index contributed by atoms with van der Waals surface area (Å²) in [4.78, 5) is 17.5. The highest BCUT2D eigenvalue weighted by atomic mass is 32.2. The molecule has 3 aliphatic heterocycles. The molecule has 0 aromatic rings. The fourth-order valence-corrected chi connectivity index (χ4v) is 7.28. The number of amides is 1. The van der Waals surface area contributed by atoms with Gasteiger partial charge in [0.25, 0.3) is 0 Å². The first kappa shape index (κ1) is 21.0. The predicted octanol–water partition coefficient (Wildman–Crippen LogP) is 0.863. The molecule has 3 fully saturated rings. The number of nitrogens with zero attached hydrogens (tertiary/aromatic N) is 3. The Morgan fingerprint density at radius 1 is 1.22 bits per heavy atom. The smallest absolute Gasteiger partial charge is 0.227 e. The van der Waals surface area contributed by atoms with Crippen molar-refractivity contribution in [3.8, 4) is 0 Å². The minimum Gasteiger partial charge on any atom is -0.383 e. The number of methoxy groups -OCH3 is 1. The number of fused-ring (bicyclic) bond motifs is 2. The van der Waals surface area contributed by atoms with E-state index in [2.05, 4.69) is 9.80 Å². The zero-order valence-corrected chi connectivity index (χ0v) is 18.0. The molecule has 0 aromatic heterocycles. The Morgan fingerprint density at radius 2 is 1.89 bits per heavy atom. The van der Waals surface area contributed by atoms with Crippen LogP contribution in [0.5, 0.6) is 0 Å². The maximum absolute atomic E-state index is 13.1. The molecule has 0 N–H and O–H groups in total. The second-order valence-corrected chi connectivity index (χ2v) is 10.7. The van der Waals surface area contributed by atoms with Crippen LogP contribution in [0.3, 0.4) is 0 Å². The van der Waals surface area contributed by atoms with Crippen molar-refractivity contribution in [2.24, 2.45) is 17.8 Å². The first-order valence-corrected chi connectivity index (χ1v) is 11.9. The maximum atomic E-state index is 13.1. The fourth-order valence-electron chi connectivity index (χ4n) is 5.49. The predicted molar refractivity (Wildman–Crippen MR) is 105 cm³/mol. The minimum atomic E-state index is -3.21. The van der Waals surface area contributed by atoms with Gasteiger partial charge in [0.05, 0.1) is 23.8 Å². The highest BCUT2D eigenvalue weighted by Crippen LogP contribution is 2.49. The van der Waals surface area contributed by atoms with Crippen molar-refractivity contribution in [1.82, 2.24) is 14.1 Å². The van der Waals surface area contributed by atoms with Crippen molar-refractivity contribution in [2.75, 3.05) is 58.7 Å². The summed E-state index contributed by atoms with van der Waals surface area (Å²) in [5.74, 6) is 0.950. The van der Waals surface area contributed by atoms with Crippen LogP contribution in [0.4, 0.5) is 0 Å². The standard InChI is InChI=1S/C19H35N3O4S/c1-5-22-18(23)16-12-20(10-11-26-4)13-17(16)19(22)6-8-21(9-7-19)27(24,25)14-15(2)3/h15-17H,5-14H2,1-4H3/t16-,17+/m0/s1. The molecule has 7 nitrogen and oxygen atoms in total. The van der Waals surface area contributed by atoms with Gasteiger partial charge in [-0.1, -0.05) is 13.8 Å². The van der Waals surface area contributed by atoms with Gasteiger partial charge < -0.3 is 9.64 Å². The molecule has 3 aliphatic rings. The van der Waals surface area contributed by atoms with Crippen LogP contribution in [0.25, 0.3) is 0 Å². The molecule has 8 heteroatoms. The summed E-state index contributed by atoms with van der Waals surface area (Å²) < 4.78 is 32.1. The number of rotatable bonds is 7. The summed E-state index contributed by atoms with van der Waals surface area (Å²) in [6.45, 7) is 10.9. The van der Waals surface area contributed by atoms with E-state index in [4.69, 9.17) is 4.74 Å². The molecule has 3 saturated heterocycles. The van der Waals surface area contributed by atoms with E-state index in [1.165, 1.54) is 0 Å². The van der Waals surface area contributed by atoms with Crippen molar-refractivity contribution in [1.29, 1.82) is 0 Å². The average Bonchev–Trinajstić information content (AvgIpc) is 3.11. The normalized spacial score (nSPS) is 29.2. The molecule has 0 bridgehead atoms. The Hall–Kier alpha value is -0.700. The Labute approximate surface area is 164 Å². The lowest BCUT2D eigenvalue weighted by molar-refractivity contribution is -0.135. The highest BCUT2D eigenvalue weighted by molar-refractivity contribution is 7.89. The van der Waals surface area contributed by atoms with Crippen LogP contribution in [-0.2, 0) is 19.6 Å². The molecule has 1 spiro atoms. The van der Waals surface area contributed by atoms with Gasteiger partial charge in [0.1, 0.15) is 0 Å². The van der Waals surface area contributed by atoms with E-state index in [-0.39, 0.29) is 29.0 Å². The molecular weight excluding hydrogens is 366 g/mol. The van der Waals surface area contributed by atoms with Crippen molar-refractivity contribution >= 4 is 15.9 Å². The number of likely N-dealkylation sites (tertiary alicyclic amines) is 2. The summed E-state index contributed by atoms with van der Waals surface area (Å²) in [5, 5.41) is 0. The molecule has 3 rings (SSSR count). The van der Waals surface area contributed by atoms with Crippen LogP contribution in [0.1, 0.15) is 33.6 Å². The van der Waals surface area contributed by atoms with Crippen molar-refractivity contribution in [3.05, 3.63) is 0 Å². The van der Waals surface area contributed by atoms with Gasteiger partial charge in [-0.2, -0.15) is 0 Å². The molecule has 2 atom stereocenters. The van der Waals surface area contributed by atoms with Gasteiger partial charge in [0.15, 0.2) is 0 Å². The number of hydrogen-bond acceptors (Lipinski definition) is 5. The molecule has 0 aliphatic carbocycles. The van der Waals surface area contributed by atoms with Crippen molar-refractivity contribution in [3.63, 3.8) is 0 Å². The van der Waals surface area contributed by atoms with Gasteiger partial charge in [0, 0.05) is 52.3 Å². The van der Waals surface area contributed by atoms with Crippen LogP contribution in [0.2, 0.25) is 0 Å². The lowest BCUT2D eigenvalue weighted by atomic mass is 9.75. The fraction of sp³-hybridized carbons (Fsp3) is 0.947. The van der Waals surface area contributed by atoms with Crippen LogP contribution >= 0.6 is 0 Å². The van der Waals surface area contributed by atoms with E-state index < -0.39 is 10.0 Å². The van der Waals surface area contributed by atoms with E-state index in [0.29, 0.717) is 32.2 Å². The van der Waals surface area contributed by atoms with E-state index >= 15 is 0 Å². The Morgan fingerprint density at radius 3 is 2.44 bits per heavy atom. The molecule has 1 amide bonds. The highest BCUT2D eigenvalue weighted by Gasteiger charge is 2.61. The Bertz CT molecular complexity index is 643. The van der Waals surface area contributed by atoms with E-state index in [1.54, 1.807) is 11.4 Å². The van der Waals surface area contributed by atoms with E-state index in [0.717, 1.165) is 32.5 Å². The van der Waals surface area contributed by atoms with Crippen molar-refractivity contribution in [2.45, 2.75) is 39.2 Å². The average molecular weight is 402 g/mol. The van der Waals surface area contributed by atoms with Gasteiger partial charge in [0.2, 0.25) is 15.9 Å². The first-order chi connectivity index (χ1) is 12.7. The van der Waals surface area contributed by atoms with E-state index in [9.17, 15) is 13.2 Å². The SMILES string of the molecule is CCN1C(=O)[C@H]2CN(CCOC)C[C@H]2C12CCN(S(=O)(=O)CC(C)C)CC2. The second kappa shape index (κ2) is 7.97. The summed E-state index contributed by atoms with van der Waals surface area (Å²) in [6.07, 6.45) is 1.51. The monoisotopic (exact) mass is 401 g/mol. The van der Waals surface area contributed by atoms with Crippen molar-refractivity contribution < 1.29 is 17.9 Å². The number of carbonyl (C=O) groups is 1. The van der Waals surface area contributed by atoms with Crippen LogP contribution < -0.4 is 0 Å². The molecule has 156 valence electrons. The maximum Gasteiger partial charge on any atom is 0.227 e. The van der Waals surface area contributed by atoms with Gasteiger partial charge in [-0.3, -0.25) is 9.69 Å². The summed E-state index contributed by atoms with van der Waals surface area (Å²) >= 11 is 0. The lowest BCUT2D eigenvalue weighted by Crippen LogP contribution is -2.58. The number of sulfonamides is 1. The molecule has 0 radical (unpaired) electrons. The first-order valence-electron chi connectivity index (χ1n) is 10.3. The van der Waals surface area contributed by atoms with Gasteiger partial charge in [-0.15, -0.1) is 0 Å². The third-order valence-corrected chi connectivity index (χ3v) is 8.90. The summed E-state index contributed by atoms with van der Waals surface area (Å²) in [6, 6.07) is 0. The quantitative estimate of drug-likeness (QED) is 0.633. The van der Waals surface area contributed by atoms with Crippen LogP contribution in [0, 0.1) is 17.8 Å². The molecule has 27 heavy (non-hydrogen) atoms. The molecule has 0 unspecified atom stereocenters. The number of piperidine rings is 1. The number of ether oxygens (including phenoxy) is 1. The van der Waals surface area contributed by atoms with Gasteiger partial charge >= 0.3 is 0 Å². The lowest BCUT2D eigenvalue weighted by Gasteiger charge is -2.47. The molecule has 0 saturated carbocycles. The van der Waals surface area contributed by atoms with Gasteiger partial charge in [-0.05, 0) is 25.7 Å². The zero-order chi connectivity index (χ0) is 19.8. The largest absolute Gasteiger partial charge is 0.383 e. The van der Waals surface area contributed by atoms with Crippen LogP contribution in [-0.4, -0.2) is 92.7 Å². The summed E-state index contributed by atoms with van der Waals surface area (Å²) in [7, 11) is -1.50. The van der Waals surface area contributed by atoms with E-state index in [1.807, 2.05) is 20.8 Å². The summed E-state index contributed by atoms with van der Waals surface area (Å²) in [5.41, 5.74) is -0.178. The Kier molecular flexibility index (Phi) is 6.20. The molecule has 3 heterocycles. The third kappa shape index (κ3) is 3.78. The Balaban J connectivity index is 1.75. The topological polar surface area (TPSA) is 70.2 Å². The van der Waals surface area contributed by atoms with Crippen LogP contribution in [0.15, 0.2) is 0 Å². The third-order valence-electron chi connectivity index (χ3n) is 6.66. The number of carbonyl (C=O) groups excluding carboxylic acids is 1.